The first-order chi connectivity index (χ1) is 8.08. The molecule has 0 atom stereocenters. The van der Waals surface area contributed by atoms with Gasteiger partial charge >= 0.3 is 0 Å². The SMILES string of the molecule is CCC[NH+](CCC)Cc1nc(C)c(C(=O)[O-])s1. The number of carboxylic acid groups (broad SMARTS) is 1. The van der Waals surface area contributed by atoms with E-state index in [2.05, 4.69) is 18.8 Å². The second-order valence-corrected chi connectivity index (χ2v) is 5.32. The molecule has 0 unspecified atom stereocenters. The van der Waals surface area contributed by atoms with Gasteiger partial charge in [-0.1, -0.05) is 13.8 Å². The number of carbonyl (C=O) groups is 1. The van der Waals surface area contributed by atoms with E-state index in [9.17, 15) is 9.90 Å². The Morgan fingerprint density at radius 2 is 1.94 bits per heavy atom. The Hall–Kier alpha value is -0.940. The van der Waals surface area contributed by atoms with Crippen LogP contribution in [0.4, 0.5) is 0 Å². The third kappa shape index (κ3) is 4.09. The van der Waals surface area contributed by atoms with Crippen molar-refractivity contribution in [2.45, 2.75) is 40.2 Å². The van der Waals surface area contributed by atoms with E-state index < -0.39 is 5.97 Å². The van der Waals surface area contributed by atoms with Gasteiger partial charge in [-0.3, -0.25) is 0 Å². The predicted molar refractivity (Wildman–Crippen MR) is 66.2 cm³/mol. The normalized spacial score (nSPS) is 11.1. The molecule has 0 saturated heterocycles. The summed E-state index contributed by atoms with van der Waals surface area (Å²) in [5, 5.41) is 11.7. The number of aromatic nitrogens is 1. The fourth-order valence-corrected chi connectivity index (χ4v) is 2.91. The van der Waals surface area contributed by atoms with Crippen LogP contribution in [0.5, 0.6) is 0 Å². The third-order valence-electron chi connectivity index (χ3n) is 2.63. The molecular formula is C12H20N2O2S. The molecule has 0 aliphatic heterocycles. The lowest BCUT2D eigenvalue weighted by Gasteiger charge is -2.16. The van der Waals surface area contributed by atoms with Crippen LogP contribution in [-0.2, 0) is 6.54 Å². The van der Waals surface area contributed by atoms with Gasteiger partial charge in [0.1, 0.15) is 11.6 Å². The molecular weight excluding hydrogens is 236 g/mol. The molecule has 1 aromatic heterocycles. The van der Waals surface area contributed by atoms with E-state index in [1.54, 1.807) is 6.92 Å². The van der Waals surface area contributed by atoms with Crippen molar-refractivity contribution in [3.05, 3.63) is 15.6 Å². The topological polar surface area (TPSA) is 57.5 Å². The smallest absolute Gasteiger partial charge is 0.148 e. The van der Waals surface area contributed by atoms with Crippen LogP contribution in [0.2, 0.25) is 0 Å². The van der Waals surface area contributed by atoms with Gasteiger partial charge in [0.05, 0.1) is 29.6 Å². The number of thiazole rings is 1. The first-order valence-electron chi connectivity index (χ1n) is 6.09. The molecule has 0 saturated carbocycles. The van der Waals surface area contributed by atoms with Crippen LogP contribution in [-0.4, -0.2) is 24.0 Å². The first kappa shape index (κ1) is 14.1. The molecule has 5 heteroatoms. The van der Waals surface area contributed by atoms with E-state index in [0.29, 0.717) is 5.69 Å². The van der Waals surface area contributed by atoms with Crippen molar-refractivity contribution < 1.29 is 14.8 Å². The Morgan fingerprint density at radius 1 is 1.35 bits per heavy atom. The van der Waals surface area contributed by atoms with Gasteiger partial charge < -0.3 is 14.8 Å². The van der Waals surface area contributed by atoms with Crippen LogP contribution < -0.4 is 10.0 Å². The lowest BCUT2D eigenvalue weighted by atomic mass is 10.3. The molecule has 1 heterocycles. The molecule has 0 aromatic carbocycles. The van der Waals surface area contributed by atoms with E-state index in [1.807, 2.05) is 0 Å². The summed E-state index contributed by atoms with van der Waals surface area (Å²) in [6.45, 7) is 9.08. The molecule has 96 valence electrons. The third-order valence-corrected chi connectivity index (χ3v) is 3.77. The molecule has 0 radical (unpaired) electrons. The van der Waals surface area contributed by atoms with Crippen LogP contribution in [0.15, 0.2) is 0 Å². The summed E-state index contributed by atoms with van der Waals surface area (Å²) < 4.78 is 0. The Bertz CT molecular complexity index is 371. The quantitative estimate of drug-likeness (QED) is 0.748. The van der Waals surface area contributed by atoms with Crippen molar-refractivity contribution >= 4 is 17.3 Å². The number of nitrogens with one attached hydrogen (secondary N) is 1. The van der Waals surface area contributed by atoms with Crippen LogP contribution in [0, 0.1) is 6.92 Å². The maximum atomic E-state index is 10.8. The first-order valence-corrected chi connectivity index (χ1v) is 6.91. The number of aryl methyl sites for hydroxylation is 1. The summed E-state index contributed by atoms with van der Waals surface area (Å²) in [4.78, 5) is 16.9. The van der Waals surface area contributed by atoms with Gasteiger partial charge in [-0.05, 0) is 19.8 Å². The zero-order chi connectivity index (χ0) is 12.8. The van der Waals surface area contributed by atoms with Crippen molar-refractivity contribution in [3.8, 4) is 0 Å². The molecule has 1 aromatic rings. The number of quaternary nitrogens is 1. The lowest BCUT2D eigenvalue weighted by molar-refractivity contribution is -0.914. The van der Waals surface area contributed by atoms with E-state index in [1.165, 1.54) is 16.2 Å². The van der Waals surface area contributed by atoms with Crippen molar-refractivity contribution in [1.29, 1.82) is 0 Å². The highest BCUT2D eigenvalue weighted by molar-refractivity contribution is 7.13. The highest BCUT2D eigenvalue weighted by atomic mass is 32.1. The van der Waals surface area contributed by atoms with Gasteiger partial charge in [0.25, 0.3) is 0 Å². The summed E-state index contributed by atoms with van der Waals surface area (Å²) >= 11 is 1.25. The van der Waals surface area contributed by atoms with Gasteiger partial charge in [0.15, 0.2) is 0 Å². The van der Waals surface area contributed by atoms with Gasteiger partial charge in [0, 0.05) is 0 Å². The zero-order valence-corrected chi connectivity index (χ0v) is 11.5. The molecule has 0 spiro atoms. The summed E-state index contributed by atoms with van der Waals surface area (Å²) in [7, 11) is 0. The van der Waals surface area contributed by atoms with Crippen LogP contribution in [0.25, 0.3) is 0 Å². The maximum Gasteiger partial charge on any atom is 0.148 e. The van der Waals surface area contributed by atoms with Crippen molar-refractivity contribution in [3.63, 3.8) is 0 Å². The minimum absolute atomic E-state index is 0.271. The summed E-state index contributed by atoms with van der Waals surface area (Å²) in [5.74, 6) is -1.11. The van der Waals surface area contributed by atoms with Crippen molar-refractivity contribution in [2.75, 3.05) is 13.1 Å². The summed E-state index contributed by atoms with van der Waals surface area (Å²) in [5.41, 5.74) is 0.581. The number of carbonyl (C=O) groups excluding carboxylic acids is 1. The van der Waals surface area contributed by atoms with Gasteiger partial charge in [0.2, 0.25) is 0 Å². The molecule has 1 rings (SSSR count). The molecule has 0 aliphatic rings. The molecule has 4 nitrogen and oxygen atoms in total. The molecule has 0 fully saturated rings. The zero-order valence-electron chi connectivity index (χ0n) is 10.7. The van der Waals surface area contributed by atoms with Crippen LogP contribution in [0.1, 0.15) is 47.1 Å². The molecule has 1 N–H and O–H groups in total. The van der Waals surface area contributed by atoms with Crippen LogP contribution in [0.3, 0.4) is 0 Å². The van der Waals surface area contributed by atoms with E-state index in [-0.39, 0.29) is 4.88 Å². The Kier molecular flexibility index (Phi) is 5.58. The predicted octanol–water partition coefficient (Wildman–Crippen LogP) is 0.0199. The highest BCUT2D eigenvalue weighted by Gasteiger charge is 2.13. The number of nitrogens with zero attached hydrogens (tertiary/aromatic N) is 1. The van der Waals surface area contributed by atoms with Gasteiger partial charge in [-0.2, -0.15) is 0 Å². The second kappa shape index (κ2) is 6.71. The van der Waals surface area contributed by atoms with Crippen LogP contribution >= 0.6 is 11.3 Å². The van der Waals surface area contributed by atoms with E-state index in [0.717, 1.165) is 37.5 Å². The minimum Gasteiger partial charge on any atom is -0.544 e. The second-order valence-electron chi connectivity index (χ2n) is 4.24. The lowest BCUT2D eigenvalue weighted by Crippen LogP contribution is -3.10. The Labute approximate surface area is 106 Å². The number of hydrogen-bond donors (Lipinski definition) is 1. The maximum absolute atomic E-state index is 10.8. The number of hydrogen-bond acceptors (Lipinski definition) is 4. The largest absolute Gasteiger partial charge is 0.544 e. The average Bonchev–Trinajstić information content (AvgIpc) is 2.60. The summed E-state index contributed by atoms with van der Waals surface area (Å²) in [6.07, 6.45) is 2.26. The molecule has 0 amide bonds. The van der Waals surface area contributed by atoms with Crippen molar-refractivity contribution in [1.82, 2.24) is 4.98 Å². The molecule has 17 heavy (non-hydrogen) atoms. The van der Waals surface area contributed by atoms with E-state index >= 15 is 0 Å². The summed E-state index contributed by atoms with van der Waals surface area (Å²) in [6, 6.07) is 0. The minimum atomic E-state index is -1.11. The van der Waals surface area contributed by atoms with Gasteiger partial charge in [-0.15, -0.1) is 11.3 Å². The average molecular weight is 256 g/mol. The monoisotopic (exact) mass is 256 g/mol. The standard InChI is InChI=1S/C12H20N2O2S/c1-4-6-14(7-5-2)8-10-13-9(3)11(17-10)12(15)16/h4-8H2,1-3H3,(H,15,16). The number of rotatable bonds is 7. The van der Waals surface area contributed by atoms with E-state index in [4.69, 9.17) is 0 Å². The fourth-order valence-electron chi connectivity index (χ4n) is 1.94. The number of carboxylic acids is 1. The van der Waals surface area contributed by atoms with Crippen molar-refractivity contribution in [2.24, 2.45) is 0 Å². The Morgan fingerprint density at radius 3 is 2.35 bits per heavy atom. The van der Waals surface area contributed by atoms with Gasteiger partial charge in [-0.25, -0.2) is 4.98 Å². The Balaban J connectivity index is 2.72. The fraction of sp³-hybridized carbons (Fsp3) is 0.667. The number of aromatic carboxylic acids is 1. The molecule has 0 aliphatic carbocycles. The molecule has 0 bridgehead atoms. The highest BCUT2D eigenvalue weighted by Crippen LogP contribution is 2.16.